The van der Waals surface area contributed by atoms with Crippen LogP contribution in [0.25, 0.3) is 0 Å². The number of rotatable bonds is 34. The van der Waals surface area contributed by atoms with Crippen LogP contribution < -0.4 is 0 Å². The Morgan fingerprint density at radius 3 is 1.13 bits per heavy atom. The van der Waals surface area contributed by atoms with Gasteiger partial charge in [0, 0.05) is 19.3 Å². The summed E-state index contributed by atoms with van der Waals surface area (Å²) in [5.41, 5.74) is 0. The smallest absolute Gasteiger partial charge is 0.306 e. The summed E-state index contributed by atoms with van der Waals surface area (Å²) < 4.78 is 16.5. The van der Waals surface area contributed by atoms with Crippen molar-refractivity contribution in [2.75, 3.05) is 13.2 Å². The summed E-state index contributed by atoms with van der Waals surface area (Å²) in [6, 6.07) is 0. The zero-order valence-electron chi connectivity index (χ0n) is 33.9. The maximum absolute atomic E-state index is 12.6. The number of hydrogen-bond acceptors (Lipinski definition) is 6. The molecule has 54 heavy (non-hydrogen) atoms. The minimum absolute atomic E-state index is 0.132. The Hall–Kier alpha value is -4.19. The predicted molar refractivity (Wildman–Crippen MR) is 228 cm³/mol. The van der Waals surface area contributed by atoms with E-state index in [4.69, 9.17) is 14.2 Å². The summed E-state index contributed by atoms with van der Waals surface area (Å²) >= 11 is 0. The third-order valence-corrected chi connectivity index (χ3v) is 7.97. The van der Waals surface area contributed by atoms with E-state index in [1.54, 1.807) is 0 Å². The van der Waals surface area contributed by atoms with E-state index < -0.39 is 12.1 Å². The molecule has 0 aliphatic heterocycles. The average Bonchev–Trinajstić information content (AvgIpc) is 3.17. The fourth-order valence-corrected chi connectivity index (χ4v) is 4.91. The molecule has 0 N–H and O–H groups in total. The molecule has 1 atom stereocenters. The second-order valence-corrected chi connectivity index (χ2v) is 13.0. The number of allylic oxidation sites excluding steroid dienone is 20. The average molecular weight is 745 g/mol. The minimum atomic E-state index is -0.842. The van der Waals surface area contributed by atoms with Crippen molar-refractivity contribution in [3.8, 4) is 0 Å². The van der Waals surface area contributed by atoms with Crippen LogP contribution in [-0.4, -0.2) is 37.2 Å². The first-order valence-electron chi connectivity index (χ1n) is 20.7. The number of ether oxygens (including phenoxy) is 3. The molecule has 0 saturated heterocycles. The fourth-order valence-electron chi connectivity index (χ4n) is 4.91. The summed E-state index contributed by atoms with van der Waals surface area (Å²) in [6.45, 7) is 6.15. The first-order chi connectivity index (χ1) is 26.5. The molecule has 0 spiro atoms. The molecule has 0 saturated carbocycles. The number of esters is 3. The van der Waals surface area contributed by atoms with Gasteiger partial charge >= 0.3 is 17.9 Å². The largest absolute Gasteiger partial charge is 0.462 e. The highest BCUT2D eigenvalue weighted by molar-refractivity contribution is 5.71. The van der Waals surface area contributed by atoms with Gasteiger partial charge in [0.25, 0.3) is 0 Å². The van der Waals surface area contributed by atoms with Gasteiger partial charge in [0.1, 0.15) is 13.2 Å². The van der Waals surface area contributed by atoms with Crippen LogP contribution in [-0.2, 0) is 28.6 Å². The van der Waals surface area contributed by atoms with Crippen LogP contribution >= 0.6 is 0 Å². The third-order valence-electron chi connectivity index (χ3n) is 7.97. The van der Waals surface area contributed by atoms with Gasteiger partial charge in [-0.15, -0.1) is 0 Å². The van der Waals surface area contributed by atoms with Crippen molar-refractivity contribution in [2.24, 2.45) is 0 Å². The fraction of sp³-hybridized carbons (Fsp3) is 0.521. The first kappa shape index (κ1) is 49.8. The van der Waals surface area contributed by atoms with Gasteiger partial charge in [0.15, 0.2) is 6.10 Å². The Labute approximate surface area is 329 Å². The molecular formula is C48H72O6. The molecule has 1 unspecified atom stereocenters. The SMILES string of the molecule is CC\C=C/C=C\C=C/C=C\C=C/CCCC(=O)OCC(COC(=O)CCCCCCCCCCCC)OC(=O)CCC\C=C/C=C\C=C/C=C\C=C/CC. The van der Waals surface area contributed by atoms with Crippen LogP contribution in [0.1, 0.15) is 143 Å². The quantitative estimate of drug-likeness (QED) is 0.0282. The summed E-state index contributed by atoms with van der Waals surface area (Å²) in [5, 5.41) is 0. The van der Waals surface area contributed by atoms with Gasteiger partial charge in [-0.3, -0.25) is 14.4 Å². The number of unbranched alkanes of at least 4 members (excludes halogenated alkanes) is 11. The lowest BCUT2D eigenvalue weighted by Crippen LogP contribution is -2.30. The lowest BCUT2D eigenvalue weighted by atomic mass is 10.1. The highest BCUT2D eigenvalue weighted by Crippen LogP contribution is 2.12. The van der Waals surface area contributed by atoms with Crippen LogP contribution in [0.4, 0.5) is 0 Å². The minimum Gasteiger partial charge on any atom is -0.462 e. The maximum Gasteiger partial charge on any atom is 0.306 e. The number of carbonyl (C=O) groups is 3. The highest BCUT2D eigenvalue weighted by atomic mass is 16.6. The molecular weight excluding hydrogens is 673 g/mol. The summed E-state index contributed by atoms with van der Waals surface area (Å²) in [4.78, 5) is 37.5. The molecule has 6 nitrogen and oxygen atoms in total. The van der Waals surface area contributed by atoms with Gasteiger partial charge in [-0.2, -0.15) is 0 Å². The second kappa shape index (κ2) is 41.6. The van der Waals surface area contributed by atoms with Gasteiger partial charge in [-0.25, -0.2) is 0 Å². The predicted octanol–water partition coefficient (Wildman–Crippen LogP) is 13.0. The highest BCUT2D eigenvalue weighted by Gasteiger charge is 2.19. The third kappa shape index (κ3) is 39.0. The standard InChI is InChI=1S/C48H72O6/c1-4-7-10-13-16-19-22-24-26-29-32-35-38-41-47(50)53-44-45(43-52-46(49)40-37-34-31-28-21-18-15-12-9-6-3)54-48(51)42-39-36-33-30-27-25-23-20-17-14-11-8-5-2/h7-8,10-11,13-14,16-17,19-20,22-27,29-30,32-33,45H,4-6,9,12,15,18,21,28,31,34-44H2,1-3H3/b10-7-,11-8-,16-13-,17-14-,22-19-,23-20-,26-24-,27-25-,32-29-,33-30-. The lowest BCUT2D eigenvalue weighted by Gasteiger charge is -2.18. The van der Waals surface area contributed by atoms with E-state index in [2.05, 4.69) is 32.9 Å². The molecule has 0 bridgehead atoms. The number of carbonyl (C=O) groups excluding carboxylic acids is 3. The maximum atomic E-state index is 12.6. The molecule has 0 aromatic carbocycles. The van der Waals surface area contributed by atoms with Gasteiger partial charge < -0.3 is 14.2 Å². The molecule has 0 aliphatic carbocycles. The van der Waals surface area contributed by atoms with Crippen molar-refractivity contribution in [2.45, 2.75) is 149 Å². The van der Waals surface area contributed by atoms with E-state index in [0.29, 0.717) is 25.7 Å². The first-order valence-corrected chi connectivity index (χ1v) is 20.7. The Morgan fingerprint density at radius 1 is 0.389 bits per heavy atom. The van der Waals surface area contributed by atoms with Gasteiger partial charge in [-0.05, 0) is 44.9 Å². The lowest BCUT2D eigenvalue weighted by molar-refractivity contribution is -0.167. The van der Waals surface area contributed by atoms with E-state index in [1.165, 1.54) is 44.9 Å². The van der Waals surface area contributed by atoms with E-state index in [-0.39, 0.29) is 38.0 Å². The Bertz CT molecular complexity index is 1220. The van der Waals surface area contributed by atoms with E-state index in [1.807, 2.05) is 109 Å². The topological polar surface area (TPSA) is 78.9 Å². The second-order valence-electron chi connectivity index (χ2n) is 13.0. The molecule has 0 aromatic heterocycles. The van der Waals surface area contributed by atoms with Gasteiger partial charge in [-0.1, -0.05) is 200 Å². The zero-order valence-corrected chi connectivity index (χ0v) is 33.9. The number of hydrogen-bond donors (Lipinski definition) is 0. The van der Waals surface area contributed by atoms with Gasteiger partial charge in [0.2, 0.25) is 0 Å². The zero-order chi connectivity index (χ0) is 39.4. The molecule has 0 amide bonds. The van der Waals surface area contributed by atoms with Crippen LogP contribution in [0.5, 0.6) is 0 Å². The van der Waals surface area contributed by atoms with E-state index in [9.17, 15) is 14.4 Å². The molecule has 6 heteroatoms. The van der Waals surface area contributed by atoms with Crippen molar-refractivity contribution in [3.05, 3.63) is 122 Å². The Kier molecular flexibility index (Phi) is 38.3. The molecule has 300 valence electrons. The van der Waals surface area contributed by atoms with Crippen molar-refractivity contribution < 1.29 is 28.6 Å². The van der Waals surface area contributed by atoms with Crippen LogP contribution in [0.15, 0.2) is 122 Å². The van der Waals surface area contributed by atoms with Crippen molar-refractivity contribution >= 4 is 17.9 Å². The molecule has 0 aromatic rings. The van der Waals surface area contributed by atoms with E-state index >= 15 is 0 Å². The van der Waals surface area contributed by atoms with Crippen LogP contribution in [0, 0.1) is 0 Å². The normalized spacial score (nSPS) is 13.3. The monoisotopic (exact) mass is 745 g/mol. The van der Waals surface area contributed by atoms with Crippen molar-refractivity contribution in [1.29, 1.82) is 0 Å². The van der Waals surface area contributed by atoms with Gasteiger partial charge in [0.05, 0.1) is 0 Å². The Morgan fingerprint density at radius 2 is 0.722 bits per heavy atom. The molecule has 0 heterocycles. The summed E-state index contributed by atoms with van der Waals surface area (Å²) in [6.07, 6.45) is 56.3. The van der Waals surface area contributed by atoms with Crippen LogP contribution in [0.2, 0.25) is 0 Å². The summed E-state index contributed by atoms with van der Waals surface area (Å²) in [5.74, 6) is -1.10. The molecule has 0 fully saturated rings. The van der Waals surface area contributed by atoms with E-state index in [0.717, 1.165) is 38.5 Å². The molecule has 0 aliphatic rings. The summed E-state index contributed by atoms with van der Waals surface area (Å²) in [7, 11) is 0. The molecule has 0 radical (unpaired) electrons. The molecule has 0 rings (SSSR count). The van der Waals surface area contributed by atoms with Crippen molar-refractivity contribution in [1.82, 2.24) is 0 Å². The Balaban J connectivity index is 4.67. The van der Waals surface area contributed by atoms with Crippen LogP contribution in [0.3, 0.4) is 0 Å². The van der Waals surface area contributed by atoms with Crippen molar-refractivity contribution in [3.63, 3.8) is 0 Å².